The smallest absolute Gasteiger partial charge is 0.237 e. The number of thioether (sulfide) groups is 1. The molecule has 1 amide bonds. The molecule has 2 aromatic carbocycles. The molecule has 0 saturated carbocycles. The lowest BCUT2D eigenvalue weighted by molar-refractivity contribution is -0.115. The lowest BCUT2D eigenvalue weighted by Crippen LogP contribution is -2.22. The largest absolute Gasteiger partial charge is 0.494 e. The van der Waals surface area contributed by atoms with Gasteiger partial charge in [0.15, 0.2) is 0 Å². The summed E-state index contributed by atoms with van der Waals surface area (Å²) < 4.78 is 7.07. The molecule has 8 heteroatoms. The minimum absolute atomic E-state index is 0.101. The van der Waals surface area contributed by atoms with Crippen LogP contribution in [0.15, 0.2) is 53.7 Å². The molecule has 0 unspecified atom stereocenters. The molecule has 7 nitrogen and oxygen atoms in total. The zero-order valence-electron chi connectivity index (χ0n) is 16.1. The molecule has 1 aromatic heterocycles. The number of hydrogen-bond acceptors (Lipinski definition) is 6. The lowest BCUT2D eigenvalue weighted by Gasteiger charge is -2.12. The molecule has 0 bridgehead atoms. The maximum absolute atomic E-state index is 12.5. The molecule has 146 valence electrons. The number of aryl methyl sites for hydroxylation is 1. The van der Waals surface area contributed by atoms with Crippen molar-refractivity contribution in [2.75, 3.05) is 11.9 Å². The van der Waals surface area contributed by atoms with Gasteiger partial charge in [-0.3, -0.25) is 4.79 Å². The second-order valence-corrected chi connectivity index (χ2v) is 7.41. The molecule has 0 saturated heterocycles. The molecule has 1 N–H and O–H groups in total. The van der Waals surface area contributed by atoms with Crippen LogP contribution in [-0.4, -0.2) is 38.0 Å². The third-order valence-electron chi connectivity index (χ3n) is 4.11. The van der Waals surface area contributed by atoms with Crippen LogP contribution in [0, 0.1) is 0 Å². The van der Waals surface area contributed by atoms with Crippen molar-refractivity contribution in [3.05, 3.63) is 54.1 Å². The minimum atomic E-state index is -0.363. The van der Waals surface area contributed by atoms with Gasteiger partial charge in [-0.1, -0.05) is 30.8 Å². The molecule has 0 aliphatic rings. The number of ether oxygens (including phenoxy) is 1. The molecule has 0 radical (unpaired) electrons. The Balaban J connectivity index is 1.66. The number of hydrogen-bond donors (Lipinski definition) is 1. The fourth-order valence-corrected chi connectivity index (χ4v) is 3.35. The Kier molecular flexibility index (Phi) is 6.65. The molecule has 1 heterocycles. The molecule has 3 aromatic rings. The third kappa shape index (κ3) is 4.89. The van der Waals surface area contributed by atoms with E-state index in [-0.39, 0.29) is 11.2 Å². The van der Waals surface area contributed by atoms with Gasteiger partial charge in [-0.05, 0) is 72.7 Å². The second kappa shape index (κ2) is 9.36. The number of nitrogens with one attached hydrogen (secondary N) is 1. The first kappa shape index (κ1) is 19.9. The van der Waals surface area contributed by atoms with Gasteiger partial charge in [0, 0.05) is 5.69 Å². The van der Waals surface area contributed by atoms with Crippen molar-refractivity contribution in [1.82, 2.24) is 20.2 Å². The van der Waals surface area contributed by atoms with E-state index < -0.39 is 0 Å². The third-order valence-corrected chi connectivity index (χ3v) is 5.15. The van der Waals surface area contributed by atoms with Crippen LogP contribution in [0.2, 0.25) is 0 Å². The van der Waals surface area contributed by atoms with Gasteiger partial charge < -0.3 is 10.1 Å². The number of anilines is 1. The van der Waals surface area contributed by atoms with Crippen LogP contribution < -0.4 is 10.1 Å². The predicted octanol–water partition coefficient (Wildman–Crippen LogP) is 3.74. The minimum Gasteiger partial charge on any atom is -0.494 e. The molecule has 0 aliphatic carbocycles. The van der Waals surface area contributed by atoms with Crippen LogP contribution in [-0.2, 0) is 11.2 Å². The summed E-state index contributed by atoms with van der Waals surface area (Å²) in [7, 11) is 0. The van der Waals surface area contributed by atoms with E-state index in [1.54, 1.807) is 4.68 Å². The van der Waals surface area contributed by atoms with Crippen molar-refractivity contribution in [2.24, 2.45) is 0 Å². The maximum atomic E-state index is 12.5. The van der Waals surface area contributed by atoms with E-state index in [0.717, 1.165) is 23.5 Å². The van der Waals surface area contributed by atoms with Crippen LogP contribution in [0.3, 0.4) is 0 Å². The number of rotatable bonds is 8. The molecule has 0 aliphatic heterocycles. The highest BCUT2D eigenvalue weighted by atomic mass is 32.2. The van der Waals surface area contributed by atoms with Crippen LogP contribution in [0.5, 0.6) is 5.75 Å². The summed E-state index contributed by atoms with van der Waals surface area (Å²) in [5.74, 6) is 0.686. The predicted molar refractivity (Wildman–Crippen MR) is 110 cm³/mol. The number of carbonyl (C=O) groups excluding carboxylic acids is 1. The van der Waals surface area contributed by atoms with Crippen LogP contribution in [0.4, 0.5) is 5.69 Å². The first-order valence-corrected chi connectivity index (χ1v) is 10.1. The van der Waals surface area contributed by atoms with E-state index in [4.69, 9.17) is 4.74 Å². The molecular weight excluding hydrogens is 374 g/mol. The first-order chi connectivity index (χ1) is 13.6. The molecule has 28 heavy (non-hydrogen) atoms. The van der Waals surface area contributed by atoms with Crippen molar-refractivity contribution in [3.8, 4) is 11.4 Å². The standard InChI is InChI=1S/C20H23N5O2S/c1-4-15-6-8-16(9-7-15)21-19(26)14(3)28-20-22-23-24-25(20)17-10-12-18(13-11-17)27-5-2/h6-14H,4-5H2,1-3H3,(H,21,26)/t14-/m0/s1. The Bertz CT molecular complexity index is 909. The average Bonchev–Trinajstić information content (AvgIpc) is 3.17. The van der Waals surface area contributed by atoms with Gasteiger partial charge in [-0.15, -0.1) is 5.10 Å². The molecule has 0 fully saturated rings. The van der Waals surface area contributed by atoms with E-state index in [1.807, 2.05) is 62.4 Å². The zero-order valence-corrected chi connectivity index (χ0v) is 16.9. The van der Waals surface area contributed by atoms with Crippen molar-refractivity contribution in [2.45, 2.75) is 37.6 Å². The summed E-state index contributed by atoms with van der Waals surface area (Å²) in [6.07, 6.45) is 0.967. The van der Waals surface area contributed by atoms with Gasteiger partial charge in [-0.2, -0.15) is 4.68 Å². The Morgan fingerprint density at radius 2 is 1.86 bits per heavy atom. The Labute approximate surface area is 168 Å². The first-order valence-electron chi connectivity index (χ1n) is 9.18. The van der Waals surface area contributed by atoms with E-state index in [1.165, 1.54) is 17.3 Å². The van der Waals surface area contributed by atoms with Crippen molar-refractivity contribution >= 4 is 23.4 Å². The number of nitrogens with zero attached hydrogens (tertiary/aromatic N) is 4. The molecular formula is C20H23N5O2S. The van der Waals surface area contributed by atoms with E-state index in [0.29, 0.717) is 11.8 Å². The highest BCUT2D eigenvalue weighted by molar-refractivity contribution is 8.00. The quantitative estimate of drug-likeness (QED) is 0.583. The van der Waals surface area contributed by atoms with Crippen LogP contribution in [0.25, 0.3) is 5.69 Å². The van der Waals surface area contributed by atoms with Crippen molar-refractivity contribution < 1.29 is 9.53 Å². The summed E-state index contributed by atoms with van der Waals surface area (Å²) in [4.78, 5) is 12.5. The summed E-state index contributed by atoms with van der Waals surface area (Å²) in [6, 6.07) is 15.4. The average molecular weight is 398 g/mol. The van der Waals surface area contributed by atoms with Gasteiger partial charge in [0.05, 0.1) is 17.5 Å². The molecule has 1 atom stereocenters. The normalized spacial score (nSPS) is 11.8. The van der Waals surface area contributed by atoms with E-state index in [9.17, 15) is 4.79 Å². The zero-order chi connectivity index (χ0) is 19.9. The van der Waals surface area contributed by atoms with Crippen molar-refractivity contribution in [3.63, 3.8) is 0 Å². The number of benzene rings is 2. The van der Waals surface area contributed by atoms with E-state index in [2.05, 4.69) is 27.8 Å². The number of aromatic nitrogens is 4. The summed E-state index contributed by atoms with van der Waals surface area (Å²) in [5.41, 5.74) is 2.81. The van der Waals surface area contributed by atoms with Gasteiger partial charge in [0.1, 0.15) is 5.75 Å². The number of amides is 1. The van der Waals surface area contributed by atoms with Gasteiger partial charge in [-0.25, -0.2) is 0 Å². The van der Waals surface area contributed by atoms with Gasteiger partial charge in [0.2, 0.25) is 11.1 Å². The van der Waals surface area contributed by atoms with Crippen LogP contribution >= 0.6 is 11.8 Å². The monoisotopic (exact) mass is 397 g/mol. The lowest BCUT2D eigenvalue weighted by atomic mass is 10.1. The van der Waals surface area contributed by atoms with Crippen LogP contribution in [0.1, 0.15) is 26.3 Å². The second-order valence-electron chi connectivity index (χ2n) is 6.10. The highest BCUT2D eigenvalue weighted by Crippen LogP contribution is 2.25. The number of carbonyl (C=O) groups is 1. The fourth-order valence-electron chi connectivity index (χ4n) is 2.54. The summed E-state index contributed by atoms with van der Waals surface area (Å²) in [6.45, 7) is 6.48. The van der Waals surface area contributed by atoms with Crippen molar-refractivity contribution in [1.29, 1.82) is 0 Å². The Morgan fingerprint density at radius 3 is 2.50 bits per heavy atom. The maximum Gasteiger partial charge on any atom is 0.237 e. The number of tetrazole rings is 1. The summed E-state index contributed by atoms with van der Waals surface area (Å²) >= 11 is 1.30. The molecule has 0 spiro atoms. The highest BCUT2D eigenvalue weighted by Gasteiger charge is 2.19. The van der Waals surface area contributed by atoms with Gasteiger partial charge in [0.25, 0.3) is 0 Å². The Morgan fingerprint density at radius 1 is 1.14 bits per heavy atom. The molecule has 3 rings (SSSR count). The van der Waals surface area contributed by atoms with Gasteiger partial charge >= 0.3 is 0 Å². The topological polar surface area (TPSA) is 81.9 Å². The fraction of sp³-hybridized carbons (Fsp3) is 0.300. The summed E-state index contributed by atoms with van der Waals surface area (Å²) in [5, 5.41) is 15.0. The Hall–Kier alpha value is -2.87. The van der Waals surface area contributed by atoms with E-state index >= 15 is 0 Å². The SMILES string of the molecule is CCOc1ccc(-n2nnnc2S[C@@H](C)C(=O)Nc2ccc(CC)cc2)cc1.